The van der Waals surface area contributed by atoms with Crippen LogP contribution in [0.4, 0.5) is 0 Å². The highest BCUT2D eigenvalue weighted by molar-refractivity contribution is 6.30. The van der Waals surface area contributed by atoms with E-state index in [0.29, 0.717) is 16.5 Å². The molecule has 0 atom stereocenters. The van der Waals surface area contributed by atoms with Crippen LogP contribution in [0.5, 0.6) is 5.75 Å². The minimum atomic E-state index is 0.0271. The fourth-order valence-corrected chi connectivity index (χ4v) is 4.46. The molecule has 7 heteroatoms. The third-order valence-electron chi connectivity index (χ3n) is 6.06. The summed E-state index contributed by atoms with van der Waals surface area (Å²) in [5.74, 6) is 1.31. The van der Waals surface area contributed by atoms with Gasteiger partial charge in [0.2, 0.25) is 0 Å². The van der Waals surface area contributed by atoms with Crippen LogP contribution in [0.25, 0.3) is 16.6 Å². The van der Waals surface area contributed by atoms with Crippen molar-refractivity contribution in [3.8, 4) is 11.4 Å². The van der Waals surface area contributed by atoms with Gasteiger partial charge in [-0.15, -0.1) is 0 Å². The van der Waals surface area contributed by atoms with Crippen molar-refractivity contribution >= 4 is 28.4 Å². The number of benzene rings is 2. The van der Waals surface area contributed by atoms with Crippen molar-refractivity contribution in [2.24, 2.45) is 0 Å². The topological polar surface area (TPSA) is 63.1 Å². The van der Waals surface area contributed by atoms with Crippen LogP contribution in [0.15, 0.2) is 61.1 Å². The number of ether oxygens (including phenoxy) is 1. The number of hydrogen-bond donors (Lipinski definition) is 1. The van der Waals surface area contributed by atoms with E-state index in [4.69, 9.17) is 16.3 Å². The van der Waals surface area contributed by atoms with Crippen molar-refractivity contribution in [2.75, 3.05) is 20.2 Å². The molecule has 0 unspecified atom stereocenters. The van der Waals surface area contributed by atoms with E-state index in [-0.39, 0.29) is 5.91 Å². The highest BCUT2D eigenvalue weighted by Gasteiger charge is 2.27. The minimum absolute atomic E-state index is 0.0271. The highest BCUT2D eigenvalue weighted by Crippen LogP contribution is 2.35. The van der Waals surface area contributed by atoms with Gasteiger partial charge in [0.15, 0.2) is 0 Å². The fourth-order valence-electron chi connectivity index (χ4n) is 4.33. The summed E-state index contributed by atoms with van der Waals surface area (Å²) in [5.41, 5.74) is 3.89. The number of nitrogens with one attached hydrogen (secondary N) is 1. The molecular formula is C24H23ClN4O2. The van der Waals surface area contributed by atoms with E-state index in [9.17, 15) is 4.79 Å². The molecule has 0 spiro atoms. The summed E-state index contributed by atoms with van der Waals surface area (Å²) in [4.78, 5) is 18.3. The van der Waals surface area contributed by atoms with Gasteiger partial charge in [-0.1, -0.05) is 11.6 Å². The second-order valence-electron chi connectivity index (χ2n) is 7.87. The molecular weight excluding hydrogens is 412 g/mol. The molecule has 3 heterocycles. The molecule has 0 saturated carbocycles. The first-order chi connectivity index (χ1) is 15.1. The number of halogens is 1. The van der Waals surface area contributed by atoms with Gasteiger partial charge in [0.25, 0.3) is 5.91 Å². The Morgan fingerprint density at radius 2 is 1.94 bits per heavy atom. The van der Waals surface area contributed by atoms with Crippen LogP contribution in [-0.4, -0.2) is 45.8 Å². The lowest BCUT2D eigenvalue weighted by Crippen LogP contribution is -2.37. The monoisotopic (exact) mass is 434 g/mol. The molecule has 1 aliphatic heterocycles. The van der Waals surface area contributed by atoms with Crippen molar-refractivity contribution in [1.29, 1.82) is 0 Å². The molecule has 1 aliphatic rings. The number of rotatable bonds is 4. The number of nitrogens with zero attached hydrogens (tertiary/aromatic N) is 3. The summed E-state index contributed by atoms with van der Waals surface area (Å²) >= 11 is 5.95. The lowest BCUT2D eigenvalue weighted by molar-refractivity contribution is 0.0713. The fraction of sp³-hybridized carbons (Fsp3) is 0.250. The number of aromatic nitrogens is 3. The number of carbonyl (C=O) groups excluding carboxylic acids is 1. The van der Waals surface area contributed by atoms with Crippen LogP contribution in [0.3, 0.4) is 0 Å². The Morgan fingerprint density at radius 3 is 2.68 bits per heavy atom. The number of methoxy groups -OCH3 is 1. The molecule has 1 fully saturated rings. The Kier molecular flexibility index (Phi) is 5.16. The van der Waals surface area contributed by atoms with Gasteiger partial charge < -0.3 is 14.6 Å². The third-order valence-corrected chi connectivity index (χ3v) is 6.32. The van der Waals surface area contributed by atoms with Crippen LogP contribution >= 0.6 is 11.6 Å². The third kappa shape index (κ3) is 3.79. The number of likely N-dealkylation sites (tertiary alicyclic amines) is 1. The Balaban J connectivity index is 1.28. The predicted octanol–water partition coefficient (Wildman–Crippen LogP) is 5.04. The zero-order chi connectivity index (χ0) is 21.4. The molecule has 1 amide bonds. The number of H-pyrrole nitrogens is 1. The second-order valence-corrected chi connectivity index (χ2v) is 8.31. The molecule has 5 rings (SSSR count). The zero-order valence-corrected chi connectivity index (χ0v) is 18.0. The second kappa shape index (κ2) is 8.12. The lowest BCUT2D eigenvalue weighted by Gasteiger charge is -2.31. The molecule has 0 bridgehead atoms. The maximum absolute atomic E-state index is 13.0. The standard InChI is InChI=1S/C24H23ClN4O2/c1-31-20-6-7-23-21(12-20)22(14-26-23)16-8-10-28(11-9-16)24(30)17-13-27-29(15-17)19-4-2-18(25)3-5-19/h2-7,12-16,26H,8-11H2,1H3. The molecule has 4 aromatic rings. The molecule has 2 aromatic carbocycles. The van der Waals surface area contributed by atoms with E-state index in [2.05, 4.69) is 28.4 Å². The summed E-state index contributed by atoms with van der Waals surface area (Å²) in [6, 6.07) is 13.5. The van der Waals surface area contributed by atoms with E-state index in [1.807, 2.05) is 35.2 Å². The first kappa shape index (κ1) is 19.7. The van der Waals surface area contributed by atoms with Gasteiger partial charge in [0.1, 0.15) is 5.75 Å². The van der Waals surface area contributed by atoms with Gasteiger partial charge in [0.05, 0.1) is 24.6 Å². The Labute approximate surface area is 185 Å². The molecule has 0 radical (unpaired) electrons. The van der Waals surface area contributed by atoms with E-state index in [1.54, 1.807) is 24.2 Å². The Hall–Kier alpha value is -3.25. The van der Waals surface area contributed by atoms with Crippen LogP contribution < -0.4 is 4.74 Å². The number of piperidine rings is 1. The van der Waals surface area contributed by atoms with Gasteiger partial charge in [-0.2, -0.15) is 5.10 Å². The van der Waals surface area contributed by atoms with Crippen molar-refractivity contribution < 1.29 is 9.53 Å². The van der Waals surface area contributed by atoms with Gasteiger partial charge in [-0.05, 0) is 66.8 Å². The lowest BCUT2D eigenvalue weighted by atomic mass is 9.89. The van der Waals surface area contributed by atoms with Gasteiger partial charge in [-0.25, -0.2) is 4.68 Å². The van der Waals surface area contributed by atoms with Gasteiger partial charge >= 0.3 is 0 Å². The number of hydrogen-bond acceptors (Lipinski definition) is 3. The van der Waals surface area contributed by atoms with E-state index >= 15 is 0 Å². The van der Waals surface area contributed by atoms with Crippen LogP contribution in [0.1, 0.15) is 34.7 Å². The largest absolute Gasteiger partial charge is 0.497 e. The smallest absolute Gasteiger partial charge is 0.257 e. The average Bonchev–Trinajstić information content (AvgIpc) is 3.46. The Morgan fingerprint density at radius 1 is 1.16 bits per heavy atom. The number of fused-ring (bicyclic) bond motifs is 1. The predicted molar refractivity (Wildman–Crippen MR) is 121 cm³/mol. The summed E-state index contributed by atoms with van der Waals surface area (Å²) in [5, 5.41) is 6.22. The number of amides is 1. The molecule has 158 valence electrons. The Bertz CT molecular complexity index is 1220. The van der Waals surface area contributed by atoms with Gasteiger partial charge in [-0.3, -0.25) is 4.79 Å². The number of carbonyl (C=O) groups is 1. The van der Waals surface area contributed by atoms with Crippen LogP contribution in [0, 0.1) is 0 Å². The van der Waals surface area contributed by atoms with E-state index < -0.39 is 0 Å². The average molecular weight is 435 g/mol. The molecule has 1 N–H and O–H groups in total. The molecule has 1 saturated heterocycles. The van der Waals surface area contributed by atoms with Crippen LogP contribution in [-0.2, 0) is 0 Å². The van der Waals surface area contributed by atoms with Crippen molar-refractivity contribution in [1.82, 2.24) is 19.7 Å². The minimum Gasteiger partial charge on any atom is -0.497 e. The normalized spacial score (nSPS) is 14.8. The quantitative estimate of drug-likeness (QED) is 0.489. The van der Waals surface area contributed by atoms with Gasteiger partial charge in [0, 0.05) is 41.4 Å². The SMILES string of the molecule is COc1ccc2[nH]cc(C3CCN(C(=O)c4cnn(-c5ccc(Cl)cc5)c4)CC3)c2c1. The maximum atomic E-state index is 13.0. The summed E-state index contributed by atoms with van der Waals surface area (Å²) < 4.78 is 7.09. The van der Waals surface area contributed by atoms with E-state index in [1.165, 1.54) is 10.9 Å². The maximum Gasteiger partial charge on any atom is 0.257 e. The summed E-state index contributed by atoms with van der Waals surface area (Å²) in [6.07, 6.45) is 7.38. The first-order valence-corrected chi connectivity index (χ1v) is 10.7. The molecule has 6 nitrogen and oxygen atoms in total. The summed E-state index contributed by atoms with van der Waals surface area (Å²) in [7, 11) is 1.69. The van der Waals surface area contributed by atoms with Crippen molar-refractivity contribution in [3.05, 3.63) is 77.2 Å². The number of aromatic amines is 1. The van der Waals surface area contributed by atoms with Crippen molar-refractivity contribution in [2.45, 2.75) is 18.8 Å². The zero-order valence-electron chi connectivity index (χ0n) is 17.2. The molecule has 31 heavy (non-hydrogen) atoms. The first-order valence-electron chi connectivity index (χ1n) is 10.4. The van der Waals surface area contributed by atoms with Crippen LogP contribution in [0.2, 0.25) is 5.02 Å². The van der Waals surface area contributed by atoms with Crippen molar-refractivity contribution in [3.63, 3.8) is 0 Å². The summed E-state index contributed by atoms with van der Waals surface area (Å²) in [6.45, 7) is 1.46. The van der Waals surface area contributed by atoms with E-state index in [0.717, 1.165) is 42.9 Å². The molecule has 2 aromatic heterocycles. The molecule has 0 aliphatic carbocycles. The highest BCUT2D eigenvalue weighted by atomic mass is 35.5.